The van der Waals surface area contributed by atoms with Crippen LogP contribution in [0.5, 0.6) is 0 Å². The Labute approximate surface area is 119 Å². The van der Waals surface area contributed by atoms with Crippen LogP contribution in [-0.2, 0) is 8.85 Å². The molecule has 0 aliphatic heterocycles. The molecule has 2 aliphatic rings. The van der Waals surface area contributed by atoms with E-state index in [9.17, 15) is 0 Å². The summed E-state index contributed by atoms with van der Waals surface area (Å²) in [4.78, 5) is 0. The summed E-state index contributed by atoms with van der Waals surface area (Å²) in [5.41, 5.74) is 3.03. The normalized spacial score (nSPS) is 28.7. The van der Waals surface area contributed by atoms with E-state index in [0.29, 0.717) is 11.8 Å². The molecule has 0 amide bonds. The SMILES string of the molecule is CO[Si](OC)(C1=C(C)CCC1C)C1=C(C)CCC1C. The number of hydrogen-bond donors (Lipinski definition) is 0. The Morgan fingerprint density at radius 1 is 0.842 bits per heavy atom. The minimum absolute atomic E-state index is 0.611. The zero-order chi connectivity index (χ0) is 14.2. The molecule has 0 aromatic carbocycles. The minimum Gasteiger partial charge on any atom is -0.391 e. The first-order valence-corrected chi connectivity index (χ1v) is 9.30. The summed E-state index contributed by atoms with van der Waals surface area (Å²) in [6.45, 7) is 9.21. The molecule has 0 radical (unpaired) electrons. The molecule has 108 valence electrons. The zero-order valence-electron chi connectivity index (χ0n) is 13.3. The molecule has 19 heavy (non-hydrogen) atoms. The summed E-state index contributed by atoms with van der Waals surface area (Å²) in [5.74, 6) is 1.22. The van der Waals surface area contributed by atoms with Gasteiger partial charge in [0.15, 0.2) is 0 Å². The second kappa shape index (κ2) is 5.55. The van der Waals surface area contributed by atoms with E-state index in [0.717, 1.165) is 0 Å². The molecule has 0 bridgehead atoms. The molecule has 2 nitrogen and oxygen atoms in total. The van der Waals surface area contributed by atoms with Crippen molar-refractivity contribution in [1.29, 1.82) is 0 Å². The van der Waals surface area contributed by atoms with Gasteiger partial charge in [-0.05, 0) is 61.8 Å². The summed E-state index contributed by atoms with van der Waals surface area (Å²) in [5, 5.41) is 3.03. The lowest BCUT2D eigenvalue weighted by Crippen LogP contribution is -2.48. The van der Waals surface area contributed by atoms with Crippen LogP contribution < -0.4 is 0 Å². The van der Waals surface area contributed by atoms with E-state index in [2.05, 4.69) is 27.7 Å². The van der Waals surface area contributed by atoms with Crippen LogP contribution >= 0.6 is 0 Å². The summed E-state index contributed by atoms with van der Waals surface area (Å²) < 4.78 is 12.3. The van der Waals surface area contributed by atoms with Crippen molar-refractivity contribution in [3.8, 4) is 0 Å². The van der Waals surface area contributed by atoms with Crippen molar-refractivity contribution in [3.05, 3.63) is 21.5 Å². The Bertz CT molecular complexity index is 382. The van der Waals surface area contributed by atoms with Gasteiger partial charge in [0.05, 0.1) is 0 Å². The molecule has 0 fully saturated rings. The second-order valence-electron chi connectivity index (χ2n) is 6.29. The molecular weight excluding hydrogens is 252 g/mol. The van der Waals surface area contributed by atoms with E-state index in [1.54, 1.807) is 0 Å². The molecule has 2 rings (SSSR count). The molecule has 2 aliphatic carbocycles. The fraction of sp³-hybridized carbons (Fsp3) is 0.750. The van der Waals surface area contributed by atoms with Gasteiger partial charge in [0, 0.05) is 14.2 Å². The summed E-state index contributed by atoms with van der Waals surface area (Å²) in [6, 6.07) is 0. The Hall–Kier alpha value is -0.383. The van der Waals surface area contributed by atoms with Gasteiger partial charge in [-0.1, -0.05) is 25.0 Å². The topological polar surface area (TPSA) is 18.5 Å². The smallest absolute Gasteiger partial charge is 0.391 e. The molecule has 2 atom stereocenters. The maximum atomic E-state index is 6.14. The van der Waals surface area contributed by atoms with Gasteiger partial charge in [-0.2, -0.15) is 0 Å². The van der Waals surface area contributed by atoms with Crippen molar-refractivity contribution >= 4 is 8.56 Å². The number of hydrogen-bond acceptors (Lipinski definition) is 2. The predicted octanol–water partition coefficient (Wildman–Crippen LogP) is 4.29. The Kier molecular flexibility index (Phi) is 4.38. The number of rotatable bonds is 4. The van der Waals surface area contributed by atoms with Crippen molar-refractivity contribution in [2.45, 2.75) is 53.4 Å². The van der Waals surface area contributed by atoms with Crippen LogP contribution in [0, 0.1) is 11.8 Å². The monoisotopic (exact) mass is 280 g/mol. The number of allylic oxidation sites excluding steroid dienone is 4. The van der Waals surface area contributed by atoms with Crippen LogP contribution in [0.1, 0.15) is 53.4 Å². The van der Waals surface area contributed by atoms with Crippen LogP contribution in [0.15, 0.2) is 21.5 Å². The molecule has 2 unspecified atom stereocenters. The third kappa shape index (κ3) is 2.26. The quantitative estimate of drug-likeness (QED) is 0.715. The summed E-state index contributed by atoms with van der Waals surface area (Å²) in [7, 11) is 1.34. The van der Waals surface area contributed by atoms with Gasteiger partial charge in [0.2, 0.25) is 0 Å². The standard InChI is InChI=1S/C16H28O2Si/c1-11-7-8-12(2)15(11)19(17-5,18-6)16-13(3)9-10-14(16)4/h11,13H,7-10H2,1-6H3. The summed E-state index contributed by atoms with van der Waals surface area (Å²) in [6.07, 6.45) is 4.92. The second-order valence-corrected chi connectivity index (χ2v) is 9.42. The predicted molar refractivity (Wildman–Crippen MR) is 82.0 cm³/mol. The van der Waals surface area contributed by atoms with Crippen molar-refractivity contribution in [3.63, 3.8) is 0 Å². The minimum atomic E-state index is -2.37. The van der Waals surface area contributed by atoms with Crippen molar-refractivity contribution in [2.75, 3.05) is 14.2 Å². The molecule has 0 heterocycles. The van der Waals surface area contributed by atoms with Gasteiger partial charge >= 0.3 is 8.56 Å². The fourth-order valence-electron chi connectivity index (χ4n) is 4.14. The van der Waals surface area contributed by atoms with Crippen molar-refractivity contribution in [1.82, 2.24) is 0 Å². The molecule has 0 saturated heterocycles. The van der Waals surface area contributed by atoms with Gasteiger partial charge in [0.1, 0.15) is 0 Å². The third-order valence-corrected chi connectivity index (χ3v) is 9.50. The van der Waals surface area contributed by atoms with Crippen LogP contribution in [-0.4, -0.2) is 22.8 Å². The van der Waals surface area contributed by atoms with E-state index >= 15 is 0 Å². The first kappa shape index (κ1) is 15.0. The lowest BCUT2D eigenvalue weighted by Gasteiger charge is -2.35. The molecule has 0 spiro atoms. The van der Waals surface area contributed by atoms with Crippen molar-refractivity contribution < 1.29 is 8.85 Å². The van der Waals surface area contributed by atoms with Crippen LogP contribution in [0.4, 0.5) is 0 Å². The highest BCUT2D eigenvalue weighted by atomic mass is 28.4. The van der Waals surface area contributed by atoms with Crippen LogP contribution in [0.3, 0.4) is 0 Å². The first-order chi connectivity index (χ1) is 8.97. The lowest BCUT2D eigenvalue weighted by molar-refractivity contribution is 0.254. The van der Waals surface area contributed by atoms with E-state index < -0.39 is 8.56 Å². The Balaban J connectivity index is 2.56. The van der Waals surface area contributed by atoms with Gasteiger partial charge < -0.3 is 8.85 Å². The molecule has 0 aromatic rings. The maximum absolute atomic E-state index is 6.14. The zero-order valence-corrected chi connectivity index (χ0v) is 14.3. The van der Waals surface area contributed by atoms with Gasteiger partial charge in [0.25, 0.3) is 0 Å². The largest absolute Gasteiger partial charge is 0.398 e. The Morgan fingerprint density at radius 3 is 1.42 bits per heavy atom. The maximum Gasteiger partial charge on any atom is 0.398 e. The molecular formula is C16H28O2Si. The molecule has 0 aromatic heterocycles. The average molecular weight is 280 g/mol. The highest BCUT2D eigenvalue weighted by Crippen LogP contribution is 2.47. The van der Waals surface area contributed by atoms with Crippen LogP contribution in [0.25, 0.3) is 0 Å². The van der Waals surface area contributed by atoms with E-state index in [-0.39, 0.29) is 0 Å². The average Bonchev–Trinajstić information content (AvgIpc) is 2.90. The van der Waals surface area contributed by atoms with Gasteiger partial charge in [-0.15, -0.1) is 0 Å². The van der Waals surface area contributed by atoms with E-state index in [4.69, 9.17) is 8.85 Å². The van der Waals surface area contributed by atoms with Gasteiger partial charge in [-0.3, -0.25) is 0 Å². The lowest BCUT2D eigenvalue weighted by atomic mass is 10.1. The third-order valence-electron chi connectivity index (χ3n) is 5.09. The first-order valence-electron chi connectivity index (χ1n) is 7.48. The fourth-order valence-corrected chi connectivity index (χ4v) is 8.44. The Morgan fingerprint density at radius 2 is 1.21 bits per heavy atom. The van der Waals surface area contributed by atoms with Crippen molar-refractivity contribution in [2.24, 2.45) is 11.8 Å². The highest BCUT2D eigenvalue weighted by molar-refractivity contribution is 6.82. The van der Waals surface area contributed by atoms with Crippen LogP contribution in [0.2, 0.25) is 0 Å². The molecule has 0 N–H and O–H groups in total. The van der Waals surface area contributed by atoms with E-state index in [1.807, 2.05) is 14.2 Å². The highest BCUT2D eigenvalue weighted by Gasteiger charge is 2.51. The van der Waals surface area contributed by atoms with Gasteiger partial charge in [-0.25, -0.2) is 0 Å². The van der Waals surface area contributed by atoms with E-state index in [1.165, 1.54) is 47.2 Å². The summed E-state index contributed by atoms with van der Waals surface area (Å²) >= 11 is 0. The molecule has 3 heteroatoms. The molecule has 0 saturated carbocycles.